The SMILES string of the molecule is C=C1C[C@]23C[C@H]4[C@@H]5[C@@]6(C)CC(=O)C[C@]57C(C2C(O)[C@H]1[C@@H](O)[C@H]37)N4C6. The van der Waals surface area contributed by atoms with Crippen LogP contribution in [0.5, 0.6) is 0 Å². The third kappa shape index (κ3) is 0.945. The van der Waals surface area contributed by atoms with Crippen molar-refractivity contribution in [2.45, 2.75) is 56.9 Å². The maximum atomic E-state index is 12.8. The van der Waals surface area contributed by atoms with Gasteiger partial charge in [-0.25, -0.2) is 0 Å². The van der Waals surface area contributed by atoms with E-state index in [9.17, 15) is 15.0 Å². The van der Waals surface area contributed by atoms with Crippen molar-refractivity contribution < 1.29 is 15.0 Å². The highest BCUT2D eigenvalue weighted by Gasteiger charge is 2.90. The lowest BCUT2D eigenvalue weighted by Gasteiger charge is -2.65. The first kappa shape index (κ1) is 13.5. The normalized spacial score (nSPS) is 73.0. The Morgan fingerprint density at radius 1 is 1.17 bits per heavy atom. The van der Waals surface area contributed by atoms with Crippen molar-refractivity contribution in [3.63, 3.8) is 0 Å². The van der Waals surface area contributed by atoms with Crippen LogP contribution in [0.25, 0.3) is 0 Å². The van der Waals surface area contributed by atoms with Crippen molar-refractivity contribution >= 4 is 5.78 Å². The van der Waals surface area contributed by atoms with Crippen molar-refractivity contribution in [2.75, 3.05) is 6.54 Å². The van der Waals surface area contributed by atoms with Crippen molar-refractivity contribution in [3.05, 3.63) is 12.2 Å². The van der Waals surface area contributed by atoms with Crippen molar-refractivity contribution in [1.29, 1.82) is 0 Å². The van der Waals surface area contributed by atoms with E-state index in [0.29, 0.717) is 30.2 Å². The van der Waals surface area contributed by atoms with Gasteiger partial charge in [-0.3, -0.25) is 9.69 Å². The van der Waals surface area contributed by atoms with Crippen molar-refractivity contribution in [1.82, 2.24) is 4.90 Å². The van der Waals surface area contributed by atoms with Crippen LogP contribution < -0.4 is 0 Å². The van der Waals surface area contributed by atoms with E-state index in [1.807, 2.05) is 0 Å². The van der Waals surface area contributed by atoms with Crippen LogP contribution in [0.3, 0.4) is 0 Å². The van der Waals surface area contributed by atoms with Crippen LogP contribution in [0.15, 0.2) is 12.2 Å². The summed E-state index contributed by atoms with van der Waals surface area (Å²) in [6.07, 6.45) is 2.48. The van der Waals surface area contributed by atoms with Crippen LogP contribution in [-0.4, -0.2) is 51.7 Å². The molecule has 4 heteroatoms. The summed E-state index contributed by atoms with van der Waals surface area (Å²) >= 11 is 0. The van der Waals surface area contributed by atoms with Crippen molar-refractivity contribution in [2.24, 2.45) is 39.9 Å². The molecule has 4 nitrogen and oxygen atoms in total. The highest BCUT2D eigenvalue weighted by molar-refractivity contribution is 5.82. The lowest BCUT2D eigenvalue weighted by Crippen LogP contribution is -2.67. The van der Waals surface area contributed by atoms with Gasteiger partial charge in [0, 0.05) is 48.7 Å². The number of hydrogen-bond donors (Lipinski definition) is 2. The molecule has 2 N–H and O–H groups in total. The van der Waals surface area contributed by atoms with Crippen LogP contribution in [0.1, 0.15) is 32.6 Å². The highest BCUT2D eigenvalue weighted by atomic mass is 16.3. The number of nitrogens with zero attached hydrogens (tertiary/aromatic N) is 1. The van der Waals surface area contributed by atoms with Gasteiger partial charge in [-0.15, -0.1) is 0 Å². The second-order valence-electron chi connectivity index (χ2n) is 10.6. The minimum Gasteiger partial charge on any atom is -0.392 e. The molecule has 9 aliphatic rings. The predicted octanol–water partition coefficient (Wildman–Crippen LogP) is 0.972. The average Bonchev–Trinajstić information content (AvgIpc) is 2.88. The maximum Gasteiger partial charge on any atom is 0.134 e. The Balaban J connectivity index is 1.55. The molecule has 0 aromatic carbocycles. The van der Waals surface area contributed by atoms with Crippen LogP contribution >= 0.6 is 0 Å². The van der Waals surface area contributed by atoms with Gasteiger partial charge in [-0.1, -0.05) is 19.1 Å². The standard InChI is InChI=1S/C20H25NO3/c1-8-3-19-6-10-15-18(2)4-9(22)5-20(15)16(19)14(24)11(8)13(23)12(19)17(20)21(10)7-18/h10-17,23-24H,1,3-7H2,2H3/t10-,11-,12?,13?,14+,15+,16+,17?,18-,19-,20-/m0/s1. The predicted molar refractivity (Wildman–Crippen MR) is 85.8 cm³/mol. The van der Waals surface area contributed by atoms with Gasteiger partial charge in [0.1, 0.15) is 5.78 Å². The first-order chi connectivity index (χ1) is 11.4. The highest BCUT2D eigenvalue weighted by Crippen LogP contribution is 2.86. The summed E-state index contributed by atoms with van der Waals surface area (Å²) < 4.78 is 0. The number of carbonyl (C=O) groups excluding carboxylic acids is 1. The van der Waals surface area contributed by atoms with Crippen LogP contribution in [0.2, 0.25) is 0 Å². The molecule has 3 heterocycles. The topological polar surface area (TPSA) is 60.8 Å². The summed E-state index contributed by atoms with van der Waals surface area (Å²) in [5.41, 5.74) is 1.10. The number of fused-ring (bicyclic) bond motifs is 1. The monoisotopic (exact) mass is 327 g/mol. The number of hydrogen-bond acceptors (Lipinski definition) is 4. The minimum atomic E-state index is -0.501. The Labute approximate surface area is 141 Å². The molecule has 9 rings (SSSR count). The molecule has 0 radical (unpaired) electrons. The van der Waals surface area contributed by atoms with Crippen LogP contribution in [-0.2, 0) is 4.79 Å². The Morgan fingerprint density at radius 2 is 1.96 bits per heavy atom. The summed E-state index contributed by atoms with van der Waals surface area (Å²) in [5.74, 6) is 1.23. The number of aliphatic hydroxyl groups excluding tert-OH is 2. The molecule has 0 aromatic rings. The zero-order valence-corrected chi connectivity index (χ0v) is 14.1. The molecule has 12 atom stereocenters. The molecule has 128 valence electrons. The number of aliphatic hydroxyl groups is 2. The fraction of sp³-hybridized carbons (Fsp3) is 0.850. The Bertz CT molecular complexity index is 749. The lowest BCUT2D eigenvalue weighted by atomic mass is 9.40. The second-order valence-corrected chi connectivity index (χ2v) is 10.6. The van der Waals surface area contributed by atoms with E-state index in [2.05, 4.69) is 18.4 Å². The molecule has 3 saturated heterocycles. The average molecular weight is 327 g/mol. The van der Waals surface area contributed by atoms with Crippen LogP contribution in [0.4, 0.5) is 0 Å². The number of Topliss-reactive ketones (excluding diaryl/α,β-unsaturated/α-hetero) is 1. The van der Waals surface area contributed by atoms with E-state index in [0.717, 1.165) is 31.4 Å². The quantitative estimate of drug-likeness (QED) is 0.651. The summed E-state index contributed by atoms with van der Waals surface area (Å²) in [4.78, 5) is 15.5. The number of ketones is 1. The second kappa shape index (κ2) is 3.30. The fourth-order valence-corrected chi connectivity index (χ4v) is 10.4. The van der Waals surface area contributed by atoms with Gasteiger partial charge in [0.05, 0.1) is 12.2 Å². The van der Waals surface area contributed by atoms with E-state index in [1.54, 1.807) is 0 Å². The van der Waals surface area contributed by atoms with E-state index in [1.165, 1.54) is 0 Å². The van der Waals surface area contributed by atoms with Gasteiger partial charge in [0.2, 0.25) is 0 Å². The molecule has 3 aliphatic heterocycles. The third-order valence-corrected chi connectivity index (χ3v) is 9.96. The van der Waals surface area contributed by atoms with Crippen LogP contribution in [0, 0.1) is 39.9 Å². The maximum absolute atomic E-state index is 12.8. The molecular weight excluding hydrogens is 302 g/mol. The largest absolute Gasteiger partial charge is 0.392 e. The third-order valence-electron chi connectivity index (χ3n) is 9.96. The summed E-state index contributed by atoms with van der Waals surface area (Å²) in [6, 6.07) is 0.897. The number of rotatable bonds is 0. The molecule has 4 unspecified atom stereocenters. The zero-order valence-electron chi connectivity index (χ0n) is 14.1. The van der Waals surface area contributed by atoms with Gasteiger partial charge >= 0.3 is 0 Å². The molecule has 6 saturated carbocycles. The van der Waals surface area contributed by atoms with E-state index in [4.69, 9.17) is 0 Å². The van der Waals surface area contributed by atoms with E-state index < -0.39 is 12.2 Å². The van der Waals surface area contributed by atoms with Gasteiger partial charge in [-0.2, -0.15) is 0 Å². The summed E-state index contributed by atoms with van der Waals surface area (Å²) in [6.45, 7) is 7.58. The molecule has 0 aromatic heterocycles. The Kier molecular flexibility index (Phi) is 1.86. The first-order valence-electron chi connectivity index (χ1n) is 9.66. The smallest absolute Gasteiger partial charge is 0.134 e. The number of piperidine rings is 2. The molecule has 0 amide bonds. The zero-order chi connectivity index (χ0) is 16.4. The van der Waals surface area contributed by atoms with Gasteiger partial charge in [0.25, 0.3) is 0 Å². The Hall–Kier alpha value is -0.710. The molecular formula is C20H25NO3. The molecule has 6 aliphatic carbocycles. The van der Waals surface area contributed by atoms with Crippen molar-refractivity contribution in [3.8, 4) is 0 Å². The minimum absolute atomic E-state index is 0.00979. The Morgan fingerprint density at radius 3 is 2.75 bits per heavy atom. The van der Waals surface area contributed by atoms with Gasteiger partial charge < -0.3 is 10.2 Å². The first-order valence-corrected chi connectivity index (χ1v) is 9.66. The van der Waals surface area contributed by atoms with E-state index in [-0.39, 0.29) is 34.0 Å². The molecule has 24 heavy (non-hydrogen) atoms. The van der Waals surface area contributed by atoms with E-state index >= 15 is 0 Å². The van der Waals surface area contributed by atoms with Gasteiger partial charge in [-0.05, 0) is 35.5 Å². The van der Waals surface area contributed by atoms with Gasteiger partial charge in [0.15, 0.2) is 0 Å². The molecule has 9 bridgehead atoms. The molecule has 9 fully saturated rings. The fourth-order valence-electron chi connectivity index (χ4n) is 10.4. The summed E-state index contributed by atoms with van der Waals surface area (Å²) in [7, 11) is 0. The lowest BCUT2D eigenvalue weighted by molar-refractivity contribution is -0.207. The molecule has 2 spiro atoms. The summed E-state index contributed by atoms with van der Waals surface area (Å²) in [5, 5.41) is 22.5. The number of carbonyl (C=O) groups is 1.